The summed E-state index contributed by atoms with van der Waals surface area (Å²) in [5.41, 5.74) is 0.562. The third-order valence-corrected chi connectivity index (χ3v) is 3.42. The molecule has 1 aliphatic heterocycles. The van der Waals surface area contributed by atoms with Crippen LogP contribution in [0.1, 0.15) is 5.56 Å². The lowest BCUT2D eigenvalue weighted by molar-refractivity contribution is 0.292. The van der Waals surface area contributed by atoms with Crippen LogP contribution < -0.4 is 0 Å². The van der Waals surface area contributed by atoms with Gasteiger partial charge in [-0.25, -0.2) is 8.39 Å². The van der Waals surface area contributed by atoms with Crippen LogP contribution in [0.4, 0.5) is 0 Å². The Balaban J connectivity index is 2.66. The van der Waals surface area contributed by atoms with E-state index >= 15 is 0 Å². The number of rotatable bonds is 0. The topological polar surface area (TPSA) is 26.3 Å². The Labute approximate surface area is 82.1 Å². The van der Waals surface area contributed by atoms with E-state index in [9.17, 15) is 4.21 Å². The molecule has 64 valence electrons. The molecule has 0 fully saturated rings. The quantitative estimate of drug-likeness (QED) is 0.631. The van der Waals surface area contributed by atoms with Gasteiger partial charge in [0, 0.05) is 5.56 Å². The van der Waals surface area contributed by atoms with Crippen LogP contribution in [0.3, 0.4) is 0 Å². The fourth-order valence-electron chi connectivity index (χ4n) is 1.04. The summed E-state index contributed by atoms with van der Waals surface area (Å²) in [6.07, 6.45) is 0. The molecule has 2 rings (SSSR count). The van der Waals surface area contributed by atoms with Crippen LogP contribution in [0.15, 0.2) is 29.2 Å². The van der Waals surface area contributed by atoms with E-state index in [0.29, 0.717) is 10.5 Å². The summed E-state index contributed by atoms with van der Waals surface area (Å²) >= 11 is 9.96. The molecule has 1 atom stereocenters. The zero-order chi connectivity index (χ0) is 8.77. The second kappa shape index (κ2) is 2.70. The lowest BCUT2D eigenvalue weighted by Crippen LogP contribution is -2.07. The highest BCUT2D eigenvalue weighted by Gasteiger charge is 2.41. The van der Waals surface area contributed by atoms with Crippen molar-refractivity contribution in [1.29, 1.82) is 0 Å². The molecule has 1 unspecified atom stereocenters. The molecule has 1 aromatic carbocycles. The molecular weight excluding hydrogens is 219 g/mol. The van der Waals surface area contributed by atoms with Gasteiger partial charge in [0.05, 0.1) is 4.90 Å². The maximum Gasteiger partial charge on any atom is 0.260 e. The molecule has 1 aromatic rings. The molecule has 0 saturated carbocycles. The van der Waals surface area contributed by atoms with Gasteiger partial charge in [-0.05, 0) is 6.07 Å². The second-order valence-electron chi connectivity index (χ2n) is 2.33. The fourth-order valence-corrected chi connectivity index (χ4v) is 2.77. The molecule has 1 heterocycles. The molecule has 2 nitrogen and oxygen atoms in total. The molecule has 0 aliphatic carbocycles. The van der Waals surface area contributed by atoms with Gasteiger partial charge in [-0.1, -0.05) is 41.4 Å². The molecule has 0 bridgehead atoms. The predicted molar refractivity (Wildman–Crippen MR) is 47.3 cm³/mol. The SMILES string of the molecule is O=S1OC(Cl)(Cl)c2ccccc21. The summed E-state index contributed by atoms with van der Waals surface area (Å²) in [7, 11) is 0. The first kappa shape index (κ1) is 8.51. The zero-order valence-corrected chi connectivity index (χ0v) is 8.12. The lowest BCUT2D eigenvalue weighted by Gasteiger charge is -2.08. The average Bonchev–Trinajstić information content (AvgIpc) is 2.25. The van der Waals surface area contributed by atoms with Crippen LogP contribution in [-0.4, -0.2) is 4.21 Å². The summed E-state index contributed by atoms with van der Waals surface area (Å²) in [6, 6.07) is 6.90. The molecule has 5 heteroatoms. The first-order chi connectivity index (χ1) is 5.61. The molecule has 0 saturated heterocycles. The number of hydrogen-bond acceptors (Lipinski definition) is 2. The minimum absolute atomic E-state index is 0.544. The van der Waals surface area contributed by atoms with E-state index in [1.165, 1.54) is 0 Å². The van der Waals surface area contributed by atoms with Gasteiger partial charge in [-0.2, -0.15) is 0 Å². The second-order valence-corrected chi connectivity index (χ2v) is 4.66. The Morgan fingerprint density at radius 3 is 2.67 bits per heavy atom. The maximum absolute atomic E-state index is 11.2. The van der Waals surface area contributed by atoms with Crippen molar-refractivity contribution in [2.75, 3.05) is 0 Å². The molecule has 0 amide bonds. The highest BCUT2D eigenvalue weighted by molar-refractivity contribution is 7.80. The van der Waals surface area contributed by atoms with Crippen LogP contribution in [0.5, 0.6) is 0 Å². The zero-order valence-electron chi connectivity index (χ0n) is 5.79. The minimum atomic E-state index is -1.53. The Morgan fingerprint density at radius 2 is 2.00 bits per heavy atom. The number of hydrogen-bond donors (Lipinski definition) is 0. The lowest BCUT2D eigenvalue weighted by atomic mass is 10.2. The van der Waals surface area contributed by atoms with Crippen LogP contribution >= 0.6 is 23.2 Å². The summed E-state index contributed by atoms with van der Waals surface area (Å²) in [4.78, 5) is 0.544. The molecular formula is C7H4Cl2O2S. The standard InChI is InChI=1S/C7H4Cl2O2S/c8-7(9)5-3-1-2-4-6(5)12(10)11-7/h1-4H. The Bertz CT molecular complexity index is 351. The van der Waals surface area contributed by atoms with E-state index in [0.717, 1.165) is 0 Å². The number of halogens is 2. The van der Waals surface area contributed by atoms with Crippen molar-refractivity contribution in [3.05, 3.63) is 29.8 Å². The van der Waals surface area contributed by atoms with Crippen LogP contribution in [0, 0.1) is 0 Å². The van der Waals surface area contributed by atoms with E-state index in [1.807, 2.05) is 0 Å². The van der Waals surface area contributed by atoms with E-state index < -0.39 is 15.6 Å². The van der Waals surface area contributed by atoms with Gasteiger partial charge in [-0.15, -0.1) is 0 Å². The molecule has 1 aliphatic rings. The molecule has 0 aromatic heterocycles. The van der Waals surface area contributed by atoms with Gasteiger partial charge in [0.15, 0.2) is 11.1 Å². The van der Waals surface area contributed by atoms with Crippen LogP contribution in [-0.2, 0) is 19.8 Å². The Kier molecular flexibility index (Phi) is 1.92. The van der Waals surface area contributed by atoms with E-state index in [2.05, 4.69) is 0 Å². The summed E-state index contributed by atoms with van der Waals surface area (Å²) in [5, 5.41) is 0. The van der Waals surface area contributed by atoms with Crippen molar-refractivity contribution in [3.63, 3.8) is 0 Å². The first-order valence-corrected chi connectivity index (χ1v) is 5.03. The van der Waals surface area contributed by atoms with Crippen molar-refractivity contribution in [2.45, 2.75) is 9.41 Å². The summed E-state index contributed by atoms with van der Waals surface area (Å²) in [6.45, 7) is 0. The van der Waals surface area contributed by atoms with Crippen LogP contribution in [0.2, 0.25) is 0 Å². The summed E-state index contributed by atoms with van der Waals surface area (Å²) in [5.74, 6) is 0. The van der Waals surface area contributed by atoms with Crippen molar-refractivity contribution in [2.24, 2.45) is 0 Å². The van der Waals surface area contributed by atoms with Crippen LogP contribution in [0.25, 0.3) is 0 Å². The van der Waals surface area contributed by atoms with E-state index in [4.69, 9.17) is 27.4 Å². The Hall–Kier alpha value is -0.0900. The highest BCUT2D eigenvalue weighted by Crippen LogP contribution is 2.45. The number of alkyl halides is 2. The highest BCUT2D eigenvalue weighted by atomic mass is 35.5. The first-order valence-electron chi connectivity index (χ1n) is 3.20. The van der Waals surface area contributed by atoms with E-state index in [-0.39, 0.29) is 0 Å². The van der Waals surface area contributed by atoms with Gasteiger partial charge < -0.3 is 0 Å². The maximum atomic E-state index is 11.2. The van der Waals surface area contributed by atoms with Gasteiger partial charge in [0.2, 0.25) is 0 Å². The largest absolute Gasteiger partial charge is 0.260 e. The summed E-state index contributed by atoms with van der Waals surface area (Å²) < 4.78 is 14.6. The number of benzene rings is 1. The number of fused-ring (bicyclic) bond motifs is 1. The molecule has 0 spiro atoms. The smallest absolute Gasteiger partial charge is 0.243 e. The van der Waals surface area contributed by atoms with Crippen molar-refractivity contribution >= 4 is 34.3 Å². The van der Waals surface area contributed by atoms with Gasteiger partial charge in [-0.3, -0.25) is 0 Å². The van der Waals surface area contributed by atoms with Gasteiger partial charge in [0.1, 0.15) is 0 Å². The third kappa shape index (κ3) is 1.17. The van der Waals surface area contributed by atoms with Gasteiger partial charge in [0.25, 0.3) is 4.52 Å². The van der Waals surface area contributed by atoms with E-state index in [1.54, 1.807) is 24.3 Å². The van der Waals surface area contributed by atoms with Crippen molar-refractivity contribution in [3.8, 4) is 0 Å². The molecule has 0 radical (unpaired) electrons. The Morgan fingerprint density at radius 1 is 1.33 bits per heavy atom. The monoisotopic (exact) mass is 222 g/mol. The normalized spacial score (nSPS) is 25.3. The molecule has 0 N–H and O–H groups in total. The predicted octanol–water partition coefficient (Wildman–Crippen LogP) is 2.33. The third-order valence-electron chi connectivity index (χ3n) is 1.56. The minimum Gasteiger partial charge on any atom is -0.243 e. The molecule has 12 heavy (non-hydrogen) atoms. The van der Waals surface area contributed by atoms with Crippen molar-refractivity contribution < 1.29 is 8.39 Å². The average molecular weight is 223 g/mol. The van der Waals surface area contributed by atoms with Crippen molar-refractivity contribution in [1.82, 2.24) is 0 Å². The fraction of sp³-hybridized carbons (Fsp3) is 0.143. The van der Waals surface area contributed by atoms with Gasteiger partial charge >= 0.3 is 0 Å².